The summed E-state index contributed by atoms with van der Waals surface area (Å²) in [4.78, 5) is 39.4. The molecule has 6 nitrogen and oxygen atoms in total. The maximum atomic E-state index is 13.6. The molecule has 2 aromatic rings. The van der Waals surface area contributed by atoms with Crippen molar-refractivity contribution in [1.82, 2.24) is 4.90 Å². The predicted octanol–water partition coefficient (Wildman–Crippen LogP) is 5.01. The molecule has 3 rings (SSSR count). The minimum atomic E-state index is -4.60. The molecule has 2 N–H and O–H groups in total. The number of carboxylic acid groups (broad SMARTS) is 2. The summed E-state index contributed by atoms with van der Waals surface area (Å²) in [6.45, 7) is 1.84. The van der Waals surface area contributed by atoms with Crippen LogP contribution in [0.2, 0.25) is 0 Å². The lowest BCUT2D eigenvalue weighted by atomic mass is 9.85. The molecule has 3 atom stereocenters. The van der Waals surface area contributed by atoms with Gasteiger partial charge in [-0.05, 0) is 42.7 Å². The second-order valence-electron chi connectivity index (χ2n) is 8.19. The first-order chi connectivity index (χ1) is 15.5. The van der Waals surface area contributed by atoms with Crippen LogP contribution in [0.15, 0.2) is 54.6 Å². The first-order valence-corrected chi connectivity index (χ1v) is 10.5. The monoisotopic (exact) mass is 463 g/mol. The zero-order valence-corrected chi connectivity index (χ0v) is 17.9. The molecule has 2 aromatic carbocycles. The van der Waals surface area contributed by atoms with Crippen molar-refractivity contribution >= 4 is 17.8 Å². The van der Waals surface area contributed by atoms with Crippen LogP contribution in [0.5, 0.6) is 0 Å². The number of nitrogens with zero attached hydrogens (tertiary/aromatic N) is 1. The first kappa shape index (κ1) is 24.3. The number of hydrogen-bond acceptors (Lipinski definition) is 3. The Balaban J connectivity index is 2.17. The van der Waals surface area contributed by atoms with E-state index in [0.29, 0.717) is 18.4 Å². The summed E-state index contributed by atoms with van der Waals surface area (Å²) in [5.74, 6) is -4.59. The number of carbonyl (C=O) groups is 3. The quantitative estimate of drug-likeness (QED) is 0.602. The molecule has 0 bridgehead atoms. The predicted molar refractivity (Wildman–Crippen MR) is 112 cm³/mol. The van der Waals surface area contributed by atoms with E-state index in [1.165, 1.54) is 0 Å². The number of benzene rings is 2. The lowest BCUT2D eigenvalue weighted by Crippen LogP contribution is -2.53. The number of alkyl halides is 3. The van der Waals surface area contributed by atoms with Crippen LogP contribution in [-0.4, -0.2) is 38.5 Å². The van der Waals surface area contributed by atoms with Gasteiger partial charge in [0, 0.05) is 5.56 Å². The molecule has 1 aliphatic heterocycles. The number of carboxylic acids is 2. The molecule has 1 amide bonds. The van der Waals surface area contributed by atoms with Gasteiger partial charge in [0.15, 0.2) is 0 Å². The van der Waals surface area contributed by atoms with E-state index >= 15 is 0 Å². The number of amides is 1. The third kappa shape index (κ3) is 4.58. The Bertz CT molecular complexity index is 1020. The van der Waals surface area contributed by atoms with Gasteiger partial charge in [0.2, 0.25) is 0 Å². The molecule has 0 saturated carbocycles. The van der Waals surface area contributed by atoms with E-state index in [1.807, 2.05) is 6.92 Å². The molecule has 33 heavy (non-hydrogen) atoms. The SMILES string of the molecule is CCCC[C@@]1(C(=O)O)C[C@H](C(=O)O)[C@H](c2ccccc2)N1C(=O)c1ccc(C(F)(F)F)cc1. The molecule has 1 heterocycles. The Morgan fingerprint density at radius 2 is 1.64 bits per heavy atom. The highest BCUT2D eigenvalue weighted by Gasteiger charge is 2.60. The van der Waals surface area contributed by atoms with Crippen molar-refractivity contribution in [3.05, 3.63) is 71.3 Å². The van der Waals surface area contributed by atoms with Crippen LogP contribution in [0.1, 0.15) is 60.1 Å². The van der Waals surface area contributed by atoms with Gasteiger partial charge in [0.05, 0.1) is 17.5 Å². The van der Waals surface area contributed by atoms with E-state index in [9.17, 15) is 37.8 Å². The minimum absolute atomic E-state index is 0.0261. The minimum Gasteiger partial charge on any atom is -0.481 e. The Morgan fingerprint density at radius 3 is 2.12 bits per heavy atom. The van der Waals surface area contributed by atoms with Crippen LogP contribution in [0.4, 0.5) is 13.2 Å². The Kier molecular flexibility index (Phi) is 6.81. The van der Waals surface area contributed by atoms with Crippen molar-refractivity contribution in [3.8, 4) is 0 Å². The topological polar surface area (TPSA) is 94.9 Å². The lowest BCUT2D eigenvalue weighted by Gasteiger charge is -2.38. The lowest BCUT2D eigenvalue weighted by molar-refractivity contribution is -0.149. The van der Waals surface area contributed by atoms with E-state index in [-0.39, 0.29) is 18.4 Å². The molecule has 0 aliphatic carbocycles. The molecular formula is C24H24F3NO5. The largest absolute Gasteiger partial charge is 0.481 e. The summed E-state index contributed by atoms with van der Waals surface area (Å²) >= 11 is 0. The summed E-state index contributed by atoms with van der Waals surface area (Å²) in [7, 11) is 0. The van der Waals surface area contributed by atoms with Crippen molar-refractivity contribution < 1.29 is 37.8 Å². The van der Waals surface area contributed by atoms with Gasteiger partial charge in [-0.1, -0.05) is 50.1 Å². The van der Waals surface area contributed by atoms with Crippen molar-refractivity contribution in [3.63, 3.8) is 0 Å². The zero-order valence-electron chi connectivity index (χ0n) is 17.9. The van der Waals surface area contributed by atoms with Gasteiger partial charge in [0.25, 0.3) is 5.91 Å². The number of aliphatic carboxylic acids is 2. The van der Waals surface area contributed by atoms with E-state index in [1.54, 1.807) is 30.3 Å². The molecule has 0 spiro atoms. The van der Waals surface area contributed by atoms with Gasteiger partial charge in [-0.25, -0.2) is 4.79 Å². The van der Waals surface area contributed by atoms with Crippen molar-refractivity contribution in [1.29, 1.82) is 0 Å². The number of carbonyl (C=O) groups excluding carboxylic acids is 1. The van der Waals surface area contributed by atoms with Crippen LogP contribution in [0.25, 0.3) is 0 Å². The van der Waals surface area contributed by atoms with E-state index in [2.05, 4.69) is 0 Å². The number of halogens is 3. The van der Waals surface area contributed by atoms with Crippen LogP contribution < -0.4 is 0 Å². The van der Waals surface area contributed by atoms with Crippen LogP contribution in [-0.2, 0) is 15.8 Å². The van der Waals surface area contributed by atoms with Gasteiger partial charge in [0.1, 0.15) is 5.54 Å². The van der Waals surface area contributed by atoms with E-state index in [4.69, 9.17) is 0 Å². The second-order valence-corrected chi connectivity index (χ2v) is 8.19. The van der Waals surface area contributed by atoms with Crippen molar-refractivity contribution in [2.45, 2.75) is 50.4 Å². The third-order valence-electron chi connectivity index (χ3n) is 6.16. The number of likely N-dealkylation sites (tertiary alicyclic amines) is 1. The first-order valence-electron chi connectivity index (χ1n) is 10.5. The maximum Gasteiger partial charge on any atom is 0.416 e. The van der Waals surface area contributed by atoms with Crippen molar-refractivity contribution in [2.24, 2.45) is 5.92 Å². The van der Waals surface area contributed by atoms with Crippen LogP contribution in [0.3, 0.4) is 0 Å². The Hall–Kier alpha value is -3.36. The summed E-state index contributed by atoms with van der Waals surface area (Å²) in [6, 6.07) is 10.7. The fourth-order valence-electron chi connectivity index (χ4n) is 4.52. The normalized spacial score (nSPS) is 22.8. The highest BCUT2D eigenvalue weighted by atomic mass is 19.4. The maximum absolute atomic E-state index is 13.6. The second kappa shape index (κ2) is 9.25. The fraction of sp³-hybridized carbons (Fsp3) is 0.375. The summed E-state index contributed by atoms with van der Waals surface area (Å²) < 4.78 is 38.9. The average molecular weight is 463 g/mol. The fourth-order valence-corrected chi connectivity index (χ4v) is 4.52. The molecule has 9 heteroatoms. The zero-order chi connectivity index (χ0) is 24.4. The van der Waals surface area contributed by atoms with Crippen molar-refractivity contribution in [2.75, 3.05) is 0 Å². The van der Waals surface area contributed by atoms with Gasteiger partial charge in [-0.15, -0.1) is 0 Å². The van der Waals surface area contributed by atoms with E-state index < -0.39 is 47.1 Å². The Labute approximate surface area is 188 Å². The van der Waals surface area contributed by atoms with Crippen LogP contribution in [0, 0.1) is 5.92 Å². The highest BCUT2D eigenvalue weighted by Crippen LogP contribution is 2.50. The molecule has 176 valence electrons. The molecule has 0 radical (unpaired) electrons. The van der Waals surface area contributed by atoms with E-state index in [0.717, 1.165) is 29.2 Å². The molecule has 1 fully saturated rings. The molecule has 1 saturated heterocycles. The van der Waals surface area contributed by atoms with Gasteiger partial charge >= 0.3 is 18.1 Å². The smallest absolute Gasteiger partial charge is 0.416 e. The Morgan fingerprint density at radius 1 is 1.03 bits per heavy atom. The average Bonchev–Trinajstić information content (AvgIpc) is 3.14. The molecular weight excluding hydrogens is 439 g/mol. The standard InChI is InChI=1S/C24H24F3NO5/c1-2-3-13-23(22(32)33)14-18(21(30)31)19(15-7-5-4-6-8-15)28(23)20(29)16-9-11-17(12-10-16)24(25,26)27/h4-12,18-19H,2-3,13-14H2,1H3,(H,30,31)(H,32,33)/t18-,19-,23-/m0/s1. The van der Waals surface area contributed by atoms with Gasteiger partial charge in [-0.2, -0.15) is 13.2 Å². The highest BCUT2D eigenvalue weighted by molar-refractivity contribution is 5.99. The summed E-state index contributed by atoms with van der Waals surface area (Å²) in [6.07, 6.45) is -3.83. The summed E-state index contributed by atoms with van der Waals surface area (Å²) in [5.41, 5.74) is -2.44. The van der Waals surface area contributed by atoms with Gasteiger partial charge in [-0.3, -0.25) is 9.59 Å². The molecule has 0 unspecified atom stereocenters. The number of unbranched alkanes of at least 4 members (excludes halogenated alkanes) is 1. The molecule has 0 aromatic heterocycles. The summed E-state index contributed by atoms with van der Waals surface area (Å²) in [5, 5.41) is 20.2. The number of rotatable bonds is 7. The third-order valence-corrected chi connectivity index (χ3v) is 6.16. The number of hydrogen-bond donors (Lipinski definition) is 2. The van der Waals surface area contributed by atoms with Gasteiger partial charge < -0.3 is 15.1 Å². The van der Waals surface area contributed by atoms with Crippen LogP contribution >= 0.6 is 0 Å². The molecule has 1 aliphatic rings.